The van der Waals surface area contributed by atoms with Gasteiger partial charge in [0.1, 0.15) is 0 Å². The van der Waals surface area contributed by atoms with Gasteiger partial charge >= 0.3 is 5.97 Å². The van der Waals surface area contributed by atoms with Crippen molar-refractivity contribution in [2.24, 2.45) is 0 Å². The van der Waals surface area contributed by atoms with Gasteiger partial charge in [0, 0.05) is 18.5 Å². The van der Waals surface area contributed by atoms with Crippen LogP contribution in [0.5, 0.6) is 0 Å². The van der Waals surface area contributed by atoms with Crippen molar-refractivity contribution in [2.75, 3.05) is 5.73 Å². The van der Waals surface area contributed by atoms with E-state index in [1.807, 2.05) is 4.72 Å². The van der Waals surface area contributed by atoms with Gasteiger partial charge in [0.2, 0.25) is 0 Å². The Morgan fingerprint density at radius 1 is 1.32 bits per heavy atom. The maximum Gasteiger partial charge on any atom is 0.306 e. The van der Waals surface area contributed by atoms with Gasteiger partial charge in [-0.3, -0.25) is 9.59 Å². The molecular weight excluding hydrogens is 272 g/mol. The van der Waals surface area contributed by atoms with Crippen LogP contribution in [0.1, 0.15) is 12.8 Å². The Balaban J connectivity index is 2.11. The predicted molar refractivity (Wildman–Crippen MR) is 65.3 cm³/mol. The quantitative estimate of drug-likeness (QED) is 0.585. The molecule has 7 nitrogen and oxygen atoms in total. The molecule has 8 heteroatoms. The number of nitrogen functional groups attached to an aromatic ring is 1. The first-order valence-corrected chi connectivity index (χ1v) is 6.98. The smallest absolute Gasteiger partial charge is 0.306 e. The van der Waals surface area contributed by atoms with E-state index in [1.54, 1.807) is 0 Å². The lowest BCUT2D eigenvalue weighted by molar-refractivity contribution is -0.147. The number of nitrogens with one attached hydrogen (secondary N) is 1. The van der Waals surface area contributed by atoms with E-state index in [9.17, 15) is 18.0 Å². The minimum atomic E-state index is -3.98. The van der Waals surface area contributed by atoms with Crippen LogP contribution < -0.4 is 10.5 Å². The van der Waals surface area contributed by atoms with Crippen LogP contribution in [0.4, 0.5) is 5.69 Å². The number of sulfonamides is 1. The highest BCUT2D eigenvalue weighted by atomic mass is 32.2. The molecule has 0 spiro atoms. The van der Waals surface area contributed by atoms with Crippen molar-refractivity contribution in [1.82, 2.24) is 4.72 Å². The zero-order valence-corrected chi connectivity index (χ0v) is 10.6. The average molecular weight is 284 g/mol. The van der Waals surface area contributed by atoms with Crippen LogP contribution in [0, 0.1) is 0 Å². The standard InChI is InChI=1S/C11H12N2O5S/c12-7-1-3-8(4-2-7)19(16,17)13-11(15)9-5-6-10(14)18-9/h1-4,9H,5-6,12H2,(H,13,15). The molecular formula is C11H12N2O5S. The van der Waals surface area contributed by atoms with Gasteiger partial charge in [-0.15, -0.1) is 0 Å². The molecule has 1 aromatic rings. The Labute approximate surface area is 109 Å². The molecule has 1 saturated heterocycles. The Morgan fingerprint density at radius 2 is 1.95 bits per heavy atom. The fourth-order valence-electron chi connectivity index (χ4n) is 1.61. The summed E-state index contributed by atoms with van der Waals surface area (Å²) in [5.41, 5.74) is 5.86. The summed E-state index contributed by atoms with van der Waals surface area (Å²) in [6, 6.07) is 5.39. The van der Waals surface area contributed by atoms with E-state index in [4.69, 9.17) is 5.73 Å². The zero-order chi connectivity index (χ0) is 14.0. The van der Waals surface area contributed by atoms with Gasteiger partial charge in [0.15, 0.2) is 6.10 Å². The van der Waals surface area contributed by atoms with Crippen LogP contribution in [0.3, 0.4) is 0 Å². The molecule has 1 atom stereocenters. The van der Waals surface area contributed by atoms with Gasteiger partial charge in [0.25, 0.3) is 15.9 Å². The average Bonchev–Trinajstić information content (AvgIpc) is 2.76. The number of nitrogens with two attached hydrogens (primary N) is 1. The summed E-state index contributed by atoms with van der Waals surface area (Å²) in [6.07, 6.45) is -0.752. The Kier molecular flexibility index (Phi) is 3.43. The number of rotatable bonds is 3. The van der Waals surface area contributed by atoms with E-state index in [2.05, 4.69) is 4.74 Å². The number of carbonyl (C=O) groups excluding carboxylic acids is 2. The van der Waals surface area contributed by atoms with Crippen molar-refractivity contribution in [1.29, 1.82) is 0 Å². The number of esters is 1. The third kappa shape index (κ3) is 3.02. The molecule has 1 aliphatic rings. The van der Waals surface area contributed by atoms with Crippen LogP contribution >= 0.6 is 0 Å². The molecule has 0 saturated carbocycles. The lowest BCUT2D eigenvalue weighted by Gasteiger charge is -2.10. The number of benzene rings is 1. The lowest BCUT2D eigenvalue weighted by Crippen LogP contribution is -2.38. The maximum absolute atomic E-state index is 11.9. The van der Waals surface area contributed by atoms with Crippen molar-refractivity contribution in [3.8, 4) is 0 Å². The van der Waals surface area contributed by atoms with Gasteiger partial charge < -0.3 is 10.5 Å². The summed E-state index contributed by atoms with van der Waals surface area (Å²) in [6.45, 7) is 0. The van der Waals surface area contributed by atoms with E-state index in [0.717, 1.165) is 0 Å². The summed E-state index contributed by atoms with van der Waals surface area (Å²) in [5, 5.41) is 0. The fourth-order valence-corrected chi connectivity index (χ4v) is 2.62. The van der Waals surface area contributed by atoms with Crippen molar-refractivity contribution in [3.63, 3.8) is 0 Å². The number of amides is 1. The molecule has 1 fully saturated rings. The highest BCUT2D eigenvalue weighted by Gasteiger charge is 2.32. The Morgan fingerprint density at radius 3 is 2.47 bits per heavy atom. The van der Waals surface area contributed by atoms with E-state index < -0.39 is 28.0 Å². The highest BCUT2D eigenvalue weighted by Crippen LogP contribution is 2.16. The normalized spacial score (nSPS) is 18.9. The van der Waals surface area contributed by atoms with Crippen LogP contribution in [0.15, 0.2) is 29.2 Å². The highest BCUT2D eigenvalue weighted by molar-refractivity contribution is 7.90. The molecule has 1 unspecified atom stereocenters. The second-order valence-electron chi connectivity index (χ2n) is 4.06. The van der Waals surface area contributed by atoms with E-state index >= 15 is 0 Å². The molecule has 0 radical (unpaired) electrons. The summed E-state index contributed by atoms with van der Waals surface area (Å²) in [7, 11) is -3.98. The molecule has 1 aromatic carbocycles. The molecule has 2 rings (SSSR count). The summed E-state index contributed by atoms with van der Waals surface area (Å²) >= 11 is 0. The first-order valence-electron chi connectivity index (χ1n) is 5.50. The lowest BCUT2D eigenvalue weighted by atomic mass is 10.2. The molecule has 1 aliphatic heterocycles. The number of cyclic esters (lactones) is 1. The zero-order valence-electron chi connectivity index (χ0n) is 9.83. The predicted octanol–water partition coefficient (Wildman–Crippen LogP) is -0.221. The largest absolute Gasteiger partial charge is 0.452 e. The van der Waals surface area contributed by atoms with E-state index in [1.165, 1.54) is 24.3 Å². The molecule has 0 aromatic heterocycles. The van der Waals surface area contributed by atoms with Crippen molar-refractivity contribution >= 4 is 27.6 Å². The number of anilines is 1. The minimum absolute atomic E-state index is 0.0839. The monoisotopic (exact) mass is 284 g/mol. The second-order valence-corrected chi connectivity index (χ2v) is 5.74. The third-order valence-corrected chi connectivity index (χ3v) is 3.96. The van der Waals surface area contributed by atoms with Gasteiger partial charge in [-0.2, -0.15) is 0 Å². The van der Waals surface area contributed by atoms with Crippen molar-refractivity contribution < 1.29 is 22.7 Å². The number of ether oxygens (including phenoxy) is 1. The molecule has 1 amide bonds. The maximum atomic E-state index is 11.9. The summed E-state index contributed by atoms with van der Waals surface area (Å²) in [5.74, 6) is -1.35. The number of hydrogen-bond acceptors (Lipinski definition) is 6. The van der Waals surface area contributed by atoms with Crippen molar-refractivity contribution in [3.05, 3.63) is 24.3 Å². The van der Waals surface area contributed by atoms with Crippen LogP contribution in [-0.4, -0.2) is 26.4 Å². The molecule has 102 valence electrons. The molecule has 0 aliphatic carbocycles. The van der Waals surface area contributed by atoms with Gasteiger partial charge in [-0.1, -0.05) is 0 Å². The fraction of sp³-hybridized carbons (Fsp3) is 0.273. The number of hydrogen-bond donors (Lipinski definition) is 2. The third-order valence-electron chi connectivity index (χ3n) is 2.60. The van der Waals surface area contributed by atoms with E-state index in [-0.39, 0.29) is 17.7 Å². The van der Waals surface area contributed by atoms with Gasteiger partial charge in [-0.05, 0) is 24.3 Å². The number of carbonyl (C=O) groups is 2. The summed E-state index contributed by atoms with van der Waals surface area (Å²) in [4.78, 5) is 22.4. The van der Waals surface area contributed by atoms with E-state index in [0.29, 0.717) is 5.69 Å². The van der Waals surface area contributed by atoms with Gasteiger partial charge in [-0.25, -0.2) is 13.1 Å². The van der Waals surface area contributed by atoms with Gasteiger partial charge in [0.05, 0.1) is 4.90 Å². The SMILES string of the molecule is Nc1ccc(S(=O)(=O)NC(=O)C2CCC(=O)O2)cc1. The van der Waals surface area contributed by atoms with Crippen LogP contribution in [0.2, 0.25) is 0 Å². The first-order chi connectivity index (χ1) is 8.88. The molecule has 19 heavy (non-hydrogen) atoms. The second kappa shape index (κ2) is 4.88. The Hall–Kier alpha value is -2.09. The first kappa shape index (κ1) is 13.3. The molecule has 3 N–H and O–H groups in total. The topological polar surface area (TPSA) is 116 Å². The molecule has 1 heterocycles. The molecule has 0 bridgehead atoms. The Bertz CT molecular complexity index is 608. The summed E-state index contributed by atoms with van der Waals surface area (Å²) < 4.78 is 30.3. The minimum Gasteiger partial charge on any atom is -0.452 e. The van der Waals surface area contributed by atoms with Crippen LogP contribution in [0.25, 0.3) is 0 Å². The van der Waals surface area contributed by atoms with Crippen molar-refractivity contribution in [2.45, 2.75) is 23.8 Å². The van der Waals surface area contributed by atoms with Crippen LogP contribution in [-0.2, 0) is 24.3 Å².